The second-order valence-electron chi connectivity index (χ2n) is 10.1. The fourth-order valence-electron chi connectivity index (χ4n) is 6.25. The Morgan fingerprint density at radius 1 is 0.784 bits per heavy atom. The number of aryl methyl sites for hydroxylation is 2. The SMILES string of the molecule is O=C(C[C@@]1(O)C(=O)N(Cc2cccc3ccccc23)c2ccccc21)c1ccc2c3c(cccc13)CC2. The third-order valence-electron chi connectivity index (χ3n) is 8.04. The number of para-hydroxylation sites is 1. The van der Waals surface area contributed by atoms with Gasteiger partial charge in [-0.05, 0) is 57.1 Å². The zero-order valence-corrected chi connectivity index (χ0v) is 20.3. The predicted octanol–water partition coefficient (Wildman–Crippen LogP) is 6.10. The van der Waals surface area contributed by atoms with Crippen molar-refractivity contribution in [3.63, 3.8) is 0 Å². The van der Waals surface area contributed by atoms with Gasteiger partial charge in [-0.3, -0.25) is 9.59 Å². The molecule has 0 bridgehead atoms. The molecule has 0 spiro atoms. The standard InChI is InChI=1S/C33H25NO3/c35-30(26-18-17-23-16-15-22-9-6-12-27(26)31(22)23)19-33(37)28-13-3-4-14-29(28)34(32(33)36)20-24-10-5-8-21-7-1-2-11-25(21)24/h1-14,17-18,37H,15-16,19-20H2/t33-/m0/s1. The molecular formula is C33H25NO3. The van der Waals surface area contributed by atoms with Gasteiger partial charge in [0, 0.05) is 11.1 Å². The van der Waals surface area contributed by atoms with E-state index in [-0.39, 0.29) is 12.2 Å². The van der Waals surface area contributed by atoms with Crippen LogP contribution in [0, 0.1) is 0 Å². The minimum absolute atomic E-state index is 0.228. The second kappa shape index (κ2) is 8.12. The van der Waals surface area contributed by atoms with Crippen molar-refractivity contribution in [2.24, 2.45) is 0 Å². The molecule has 0 aromatic heterocycles. The number of benzene rings is 5. The number of ketones is 1. The van der Waals surface area contributed by atoms with Gasteiger partial charge in [-0.15, -0.1) is 0 Å². The highest BCUT2D eigenvalue weighted by molar-refractivity contribution is 6.14. The van der Waals surface area contributed by atoms with E-state index in [9.17, 15) is 14.7 Å². The molecule has 2 aliphatic rings. The summed E-state index contributed by atoms with van der Waals surface area (Å²) >= 11 is 0. The molecule has 1 heterocycles. The summed E-state index contributed by atoms with van der Waals surface area (Å²) in [6.07, 6.45) is 1.65. The zero-order chi connectivity index (χ0) is 25.1. The van der Waals surface area contributed by atoms with Crippen molar-refractivity contribution >= 4 is 38.9 Å². The Labute approximate surface area is 214 Å². The first-order chi connectivity index (χ1) is 18.0. The summed E-state index contributed by atoms with van der Waals surface area (Å²) in [5.74, 6) is -0.686. The molecule has 4 heteroatoms. The lowest BCUT2D eigenvalue weighted by molar-refractivity contribution is -0.136. The van der Waals surface area contributed by atoms with Crippen LogP contribution in [-0.4, -0.2) is 16.8 Å². The molecule has 1 aliphatic carbocycles. The van der Waals surface area contributed by atoms with Crippen LogP contribution in [-0.2, 0) is 29.8 Å². The van der Waals surface area contributed by atoms with Crippen molar-refractivity contribution in [2.75, 3.05) is 4.90 Å². The number of Topliss-reactive ketones (excluding diaryl/α,β-unsaturated/α-hetero) is 1. The number of anilines is 1. The average Bonchev–Trinajstić information content (AvgIpc) is 3.44. The monoisotopic (exact) mass is 483 g/mol. The van der Waals surface area contributed by atoms with E-state index in [1.807, 2.05) is 84.9 Å². The van der Waals surface area contributed by atoms with Crippen molar-refractivity contribution in [3.8, 4) is 0 Å². The summed E-state index contributed by atoms with van der Waals surface area (Å²) in [5, 5.41) is 16.1. The minimum atomic E-state index is -1.92. The summed E-state index contributed by atoms with van der Waals surface area (Å²) in [7, 11) is 0. The summed E-state index contributed by atoms with van der Waals surface area (Å²) < 4.78 is 0. The van der Waals surface area contributed by atoms with E-state index < -0.39 is 11.5 Å². The van der Waals surface area contributed by atoms with Gasteiger partial charge in [0.1, 0.15) is 0 Å². The van der Waals surface area contributed by atoms with Crippen molar-refractivity contribution in [2.45, 2.75) is 31.4 Å². The van der Waals surface area contributed by atoms with Gasteiger partial charge in [0.05, 0.1) is 18.7 Å². The molecule has 37 heavy (non-hydrogen) atoms. The number of carbonyl (C=O) groups is 2. The molecule has 5 aromatic rings. The van der Waals surface area contributed by atoms with Crippen LogP contribution in [0.5, 0.6) is 0 Å². The highest BCUT2D eigenvalue weighted by Crippen LogP contribution is 2.44. The Morgan fingerprint density at radius 3 is 2.38 bits per heavy atom. The van der Waals surface area contributed by atoms with Crippen LogP contribution in [0.1, 0.15) is 39.0 Å². The Kier molecular flexibility index (Phi) is 4.82. The molecule has 1 aliphatic heterocycles. The molecule has 0 radical (unpaired) electrons. The molecule has 1 atom stereocenters. The molecule has 5 aromatic carbocycles. The molecule has 0 unspecified atom stereocenters. The van der Waals surface area contributed by atoms with Crippen molar-refractivity contribution in [3.05, 3.63) is 125 Å². The predicted molar refractivity (Wildman–Crippen MR) is 146 cm³/mol. The van der Waals surface area contributed by atoms with E-state index in [0.29, 0.717) is 23.4 Å². The number of hydrogen-bond acceptors (Lipinski definition) is 3. The van der Waals surface area contributed by atoms with Crippen LogP contribution in [0.25, 0.3) is 21.5 Å². The first-order valence-corrected chi connectivity index (χ1v) is 12.7. The first-order valence-electron chi connectivity index (χ1n) is 12.7. The van der Waals surface area contributed by atoms with Crippen LogP contribution < -0.4 is 4.90 Å². The van der Waals surface area contributed by atoms with Crippen LogP contribution in [0.4, 0.5) is 5.69 Å². The van der Waals surface area contributed by atoms with Gasteiger partial charge in [0.2, 0.25) is 0 Å². The largest absolute Gasteiger partial charge is 0.375 e. The fourth-order valence-corrected chi connectivity index (χ4v) is 6.25. The van der Waals surface area contributed by atoms with Crippen LogP contribution in [0.3, 0.4) is 0 Å². The second-order valence-corrected chi connectivity index (χ2v) is 10.1. The van der Waals surface area contributed by atoms with Gasteiger partial charge in [-0.1, -0.05) is 91.0 Å². The summed E-state index contributed by atoms with van der Waals surface area (Å²) in [6, 6.07) is 31.3. The van der Waals surface area contributed by atoms with Gasteiger partial charge in [-0.25, -0.2) is 0 Å². The van der Waals surface area contributed by atoms with Gasteiger partial charge >= 0.3 is 0 Å². The number of aliphatic hydroxyl groups is 1. The molecule has 7 rings (SSSR count). The van der Waals surface area contributed by atoms with E-state index in [1.54, 1.807) is 11.0 Å². The normalized spacial score (nSPS) is 18.1. The van der Waals surface area contributed by atoms with Crippen LogP contribution in [0.15, 0.2) is 97.1 Å². The smallest absolute Gasteiger partial charge is 0.264 e. The molecule has 0 saturated heterocycles. The lowest BCUT2D eigenvalue weighted by Gasteiger charge is -2.23. The van der Waals surface area contributed by atoms with Crippen LogP contribution >= 0.6 is 0 Å². The maximum atomic E-state index is 13.9. The molecule has 0 saturated carbocycles. The van der Waals surface area contributed by atoms with E-state index in [0.717, 1.165) is 39.9 Å². The van der Waals surface area contributed by atoms with E-state index >= 15 is 0 Å². The third-order valence-corrected chi connectivity index (χ3v) is 8.04. The van der Waals surface area contributed by atoms with Gasteiger partial charge in [0.25, 0.3) is 5.91 Å². The van der Waals surface area contributed by atoms with E-state index in [4.69, 9.17) is 0 Å². The maximum Gasteiger partial charge on any atom is 0.264 e. The quantitative estimate of drug-likeness (QED) is 0.307. The zero-order valence-electron chi connectivity index (χ0n) is 20.3. The van der Waals surface area contributed by atoms with Crippen molar-refractivity contribution in [1.82, 2.24) is 0 Å². The molecule has 180 valence electrons. The van der Waals surface area contributed by atoms with Crippen molar-refractivity contribution in [1.29, 1.82) is 0 Å². The topological polar surface area (TPSA) is 57.6 Å². The highest BCUT2D eigenvalue weighted by Gasteiger charge is 2.51. The summed E-state index contributed by atoms with van der Waals surface area (Å²) in [5.41, 5.74) is 3.28. The fraction of sp³-hybridized carbons (Fsp3) is 0.152. The highest BCUT2D eigenvalue weighted by atomic mass is 16.3. The first kappa shape index (κ1) is 22.0. The Morgan fingerprint density at radius 2 is 1.49 bits per heavy atom. The number of amides is 1. The van der Waals surface area contributed by atoms with Gasteiger partial charge < -0.3 is 10.0 Å². The Hall–Kier alpha value is -4.28. The maximum absolute atomic E-state index is 13.9. The lowest BCUT2D eigenvalue weighted by Crippen LogP contribution is -2.41. The lowest BCUT2D eigenvalue weighted by atomic mass is 9.86. The number of fused-ring (bicyclic) bond motifs is 2. The molecule has 1 amide bonds. The number of nitrogens with zero attached hydrogens (tertiary/aromatic N) is 1. The van der Waals surface area contributed by atoms with Crippen LogP contribution in [0.2, 0.25) is 0 Å². The number of hydrogen-bond donors (Lipinski definition) is 1. The molecule has 0 fully saturated rings. The van der Waals surface area contributed by atoms with Gasteiger partial charge in [-0.2, -0.15) is 0 Å². The Bertz CT molecular complexity index is 1740. The molecule has 1 N–H and O–H groups in total. The third kappa shape index (κ3) is 3.26. The van der Waals surface area contributed by atoms with Gasteiger partial charge in [0.15, 0.2) is 11.4 Å². The van der Waals surface area contributed by atoms with Crippen molar-refractivity contribution < 1.29 is 14.7 Å². The Balaban J connectivity index is 1.27. The molecule has 4 nitrogen and oxygen atoms in total. The summed E-state index contributed by atoms with van der Waals surface area (Å²) in [4.78, 5) is 29.2. The average molecular weight is 484 g/mol. The number of carbonyl (C=O) groups excluding carboxylic acids is 2. The van der Waals surface area contributed by atoms with E-state index in [1.165, 1.54) is 11.1 Å². The van der Waals surface area contributed by atoms with E-state index in [2.05, 4.69) is 6.07 Å². The summed E-state index contributed by atoms with van der Waals surface area (Å²) in [6.45, 7) is 0.314. The molecular weight excluding hydrogens is 458 g/mol. The minimum Gasteiger partial charge on any atom is -0.375 e. The number of rotatable bonds is 5.